The number of hydrogen-bond donors (Lipinski definition) is 1. The van der Waals surface area contributed by atoms with Gasteiger partial charge in [0, 0.05) is 12.6 Å². The van der Waals surface area contributed by atoms with Crippen molar-refractivity contribution in [1.29, 1.82) is 0 Å². The van der Waals surface area contributed by atoms with E-state index in [4.69, 9.17) is 0 Å². The van der Waals surface area contributed by atoms with Gasteiger partial charge in [-0.2, -0.15) is 17.9 Å². The molecule has 3 rings (SSSR count). The Morgan fingerprint density at radius 2 is 2.04 bits per heavy atom. The Morgan fingerprint density at radius 1 is 1.32 bits per heavy atom. The van der Waals surface area contributed by atoms with Crippen molar-refractivity contribution in [3.8, 4) is 0 Å². The van der Waals surface area contributed by atoms with Crippen molar-refractivity contribution in [2.24, 2.45) is 0 Å². The summed E-state index contributed by atoms with van der Waals surface area (Å²) in [5.74, 6) is 0.270. The number of pyridine rings is 1. The molecule has 2 aromatic heterocycles. The smallest absolute Gasteiger partial charge is 0.416 e. The van der Waals surface area contributed by atoms with Crippen molar-refractivity contribution in [3.05, 3.63) is 59.3 Å². The number of nitrogens with zero attached hydrogens (tertiary/aromatic N) is 3. The minimum Gasteiger partial charge on any atom is -0.619 e. The van der Waals surface area contributed by atoms with Crippen LogP contribution < -0.4 is 9.45 Å². The molecule has 3 aromatic rings. The Hall–Kier alpha value is -2.66. The van der Waals surface area contributed by atoms with E-state index in [0.717, 1.165) is 24.5 Å². The van der Waals surface area contributed by atoms with E-state index in [1.807, 2.05) is 0 Å². The number of halogens is 3. The molecule has 0 amide bonds. The van der Waals surface area contributed by atoms with E-state index in [0.29, 0.717) is 16.8 Å². The van der Waals surface area contributed by atoms with Crippen molar-refractivity contribution < 1.29 is 26.3 Å². The van der Waals surface area contributed by atoms with E-state index in [1.54, 1.807) is 6.92 Å². The SMILES string of the molecule is CCn1c(C(C)NS(=O)(=O)c2ccc[n+]([O-])c2)nc2ccc(C(F)(F)F)cc21. The van der Waals surface area contributed by atoms with Gasteiger partial charge < -0.3 is 9.77 Å². The molecule has 0 saturated heterocycles. The lowest BCUT2D eigenvalue weighted by atomic mass is 10.2. The number of rotatable bonds is 5. The third-order valence-corrected chi connectivity index (χ3v) is 5.72. The number of fused-ring (bicyclic) bond motifs is 1. The molecule has 0 saturated carbocycles. The van der Waals surface area contributed by atoms with Gasteiger partial charge in [-0.15, -0.1) is 0 Å². The van der Waals surface area contributed by atoms with Crippen LogP contribution in [0.15, 0.2) is 47.6 Å². The monoisotopic (exact) mass is 414 g/mol. The summed E-state index contributed by atoms with van der Waals surface area (Å²) in [6.45, 7) is 3.55. The predicted molar refractivity (Wildman–Crippen MR) is 94.5 cm³/mol. The summed E-state index contributed by atoms with van der Waals surface area (Å²) in [6.07, 6.45) is -2.43. The fraction of sp³-hybridized carbons (Fsp3) is 0.294. The van der Waals surface area contributed by atoms with E-state index < -0.39 is 27.8 Å². The summed E-state index contributed by atoms with van der Waals surface area (Å²) >= 11 is 0. The van der Waals surface area contributed by atoms with Gasteiger partial charge in [-0.25, -0.2) is 18.1 Å². The maximum Gasteiger partial charge on any atom is 0.416 e. The molecule has 1 atom stereocenters. The second-order valence-corrected chi connectivity index (χ2v) is 7.87. The molecule has 0 bridgehead atoms. The molecule has 0 fully saturated rings. The number of benzene rings is 1. The molecule has 150 valence electrons. The van der Waals surface area contributed by atoms with Crippen LogP contribution in [-0.2, 0) is 22.7 Å². The van der Waals surface area contributed by atoms with Crippen LogP contribution in [0.2, 0.25) is 0 Å². The van der Waals surface area contributed by atoms with Gasteiger partial charge in [-0.1, -0.05) is 0 Å². The van der Waals surface area contributed by atoms with Crippen molar-refractivity contribution in [2.45, 2.75) is 37.5 Å². The highest BCUT2D eigenvalue weighted by Gasteiger charge is 2.31. The summed E-state index contributed by atoms with van der Waals surface area (Å²) in [5.41, 5.74) is -0.220. The van der Waals surface area contributed by atoms with Crippen LogP contribution >= 0.6 is 0 Å². The first kappa shape index (κ1) is 20.1. The second kappa shape index (κ2) is 7.06. The number of imidazole rings is 1. The molecular formula is C17H17F3N4O3S. The zero-order valence-corrected chi connectivity index (χ0v) is 15.8. The van der Waals surface area contributed by atoms with Crippen LogP contribution in [0.4, 0.5) is 13.2 Å². The summed E-state index contributed by atoms with van der Waals surface area (Å²) in [6, 6.07) is 4.91. The lowest BCUT2D eigenvalue weighted by Gasteiger charge is -2.15. The molecule has 0 aliphatic heterocycles. The van der Waals surface area contributed by atoms with Crippen LogP contribution in [-0.4, -0.2) is 18.0 Å². The third-order valence-electron chi connectivity index (χ3n) is 4.20. The molecule has 0 aliphatic carbocycles. The molecule has 1 aromatic carbocycles. The van der Waals surface area contributed by atoms with Crippen molar-refractivity contribution in [2.75, 3.05) is 0 Å². The van der Waals surface area contributed by atoms with Crippen LogP contribution in [0.5, 0.6) is 0 Å². The second-order valence-electron chi connectivity index (χ2n) is 6.16. The third kappa shape index (κ3) is 3.80. The van der Waals surface area contributed by atoms with Crippen LogP contribution in [0.3, 0.4) is 0 Å². The molecule has 2 heterocycles. The highest BCUT2D eigenvalue weighted by atomic mass is 32.2. The van der Waals surface area contributed by atoms with E-state index in [2.05, 4.69) is 9.71 Å². The Labute approximate surface area is 159 Å². The highest BCUT2D eigenvalue weighted by molar-refractivity contribution is 7.89. The quantitative estimate of drug-likeness (QED) is 0.513. The van der Waals surface area contributed by atoms with E-state index in [9.17, 15) is 26.8 Å². The minimum atomic E-state index is -4.49. The molecule has 28 heavy (non-hydrogen) atoms. The lowest BCUT2D eigenvalue weighted by Crippen LogP contribution is -2.32. The average Bonchev–Trinajstić information content (AvgIpc) is 2.98. The summed E-state index contributed by atoms with van der Waals surface area (Å²) in [5, 5.41) is 11.3. The Morgan fingerprint density at radius 3 is 2.64 bits per heavy atom. The van der Waals surface area contributed by atoms with E-state index in [-0.39, 0.29) is 16.2 Å². The van der Waals surface area contributed by atoms with Crippen molar-refractivity contribution >= 4 is 21.1 Å². The number of nitrogens with one attached hydrogen (secondary N) is 1. The van der Waals surface area contributed by atoms with Gasteiger partial charge in [0.25, 0.3) is 0 Å². The molecule has 0 spiro atoms. The summed E-state index contributed by atoms with van der Waals surface area (Å²) < 4.78 is 68.4. The van der Waals surface area contributed by atoms with Gasteiger partial charge in [-0.05, 0) is 38.1 Å². The summed E-state index contributed by atoms with van der Waals surface area (Å²) in [4.78, 5) is 4.08. The fourth-order valence-electron chi connectivity index (χ4n) is 2.93. The number of aryl methyl sites for hydroxylation is 1. The Balaban J connectivity index is 2.00. The average molecular weight is 414 g/mol. The Bertz CT molecular complexity index is 1130. The molecular weight excluding hydrogens is 397 g/mol. The van der Waals surface area contributed by atoms with Gasteiger partial charge in [-0.3, -0.25) is 0 Å². The first-order chi connectivity index (χ1) is 13.0. The van der Waals surface area contributed by atoms with Crippen molar-refractivity contribution in [3.63, 3.8) is 0 Å². The predicted octanol–water partition coefficient (Wildman–Crippen LogP) is 2.75. The molecule has 1 N–H and O–H groups in total. The van der Waals surface area contributed by atoms with E-state index >= 15 is 0 Å². The van der Waals surface area contributed by atoms with Crippen molar-refractivity contribution in [1.82, 2.24) is 14.3 Å². The minimum absolute atomic E-state index is 0.227. The van der Waals surface area contributed by atoms with Crippen LogP contribution in [0.25, 0.3) is 11.0 Å². The number of alkyl halides is 3. The molecule has 0 aliphatic rings. The summed E-state index contributed by atoms with van der Waals surface area (Å²) in [7, 11) is -4.03. The van der Waals surface area contributed by atoms with Crippen LogP contribution in [0.1, 0.15) is 31.3 Å². The van der Waals surface area contributed by atoms with Gasteiger partial charge in [0.15, 0.2) is 12.4 Å². The maximum atomic E-state index is 13.0. The normalized spacial score (nSPS) is 13.8. The molecule has 7 nitrogen and oxygen atoms in total. The topological polar surface area (TPSA) is 90.9 Å². The van der Waals surface area contributed by atoms with Gasteiger partial charge >= 0.3 is 6.18 Å². The number of aromatic nitrogens is 3. The van der Waals surface area contributed by atoms with E-state index in [1.165, 1.54) is 29.7 Å². The standard InChI is InChI=1S/C17H17F3N4O3S/c1-3-24-15-9-12(17(18,19)20)6-7-14(15)21-16(24)11(2)22-28(26,27)13-5-4-8-23(25)10-13/h4-11,22H,3H2,1-2H3. The number of hydrogen-bond acceptors (Lipinski definition) is 4. The Kier molecular flexibility index (Phi) is 5.06. The van der Waals surface area contributed by atoms with Gasteiger partial charge in [0.1, 0.15) is 10.7 Å². The molecule has 0 radical (unpaired) electrons. The van der Waals surface area contributed by atoms with Gasteiger partial charge in [0.05, 0.1) is 22.6 Å². The zero-order valence-electron chi connectivity index (χ0n) is 14.9. The zero-order chi connectivity index (χ0) is 20.7. The highest BCUT2D eigenvalue weighted by Crippen LogP contribution is 2.32. The maximum absolute atomic E-state index is 13.0. The van der Waals surface area contributed by atoms with Crippen LogP contribution in [0, 0.1) is 5.21 Å². The first-order valence-electron chi connectivity index (χ1n) is 8.31. The fourth-order valence-corrected chi connectivity index (χ4v) is 4.13. The molecule has 11 heteroatoms. The largest absolute Gasteiger partial charge is 0.619 e. The molecule has 1 unspecified atom stereocenters. The lowest BCUT2D eigenvalue weighted by molar-refractivity contribution is -0.607. The first-order valence-corrected chi connectivity index (χ1v) is 9.80. The number of sulfonamides is 1. The van der Waals surface area contributed by atoms with Gasteiger partial charge in [0.2, 0.25) is 10.0 Å².